The lowest BCUT2D eigenvalue weighted by Crippen LogP contribution is -2.24. The molecule has 3 aromatic heterocycles. The first-order valence-electron chi connectivity index (χ1n) is 8.05. The molecule has 0 N–H and O–H groups in total. The van der Waals surface area contributed by atoms with Gasteiger partial charge < -0.3 is 4.52 Å². The Morgan fingerprint density at radius 2 is 1.93 bits per heavy atom. The molecule has 0 aliphatic carbocycles. The van der Waals surface area contributed by atoms with Crippen molar-refractivity contribution in [2.75, 3.05) is 0 Å². The standard InChI is InChI=1S/C19H13F2N3O2S/c1-11-8-16(26-23-11)12-9-18(25)24(22-19(12)17-6-3-7-27-17)10-13-14(20)4-2-5-15(13)21/h2-9H,10H2,1H3. The Morgan fingerprint density at radius 1 is 1.15 bits per heavy atom. The van der Waals surface area contributed by atoms with Gasteiger partial charge in [0.2, 0.25) is 0 Å². The molecule has 0 spiro atoms. The molecule has 0 saturated heterocycles. The van der Waals surface area contributed by atoms with Crippen molar-refractivity contribution in [3.8, 4) is 21.9 Å². The fourth-order valence-corrected chi connectivity index (χ4v) is 3.43. The van der Waals surface area contributed by atoms with Crippen molar-refractivity contribution in [2.45, 2.75) is 13.5 Å². The molecular formula is C19H13F2N3O2S. The zero-order valence-corrected chi connectivity index (χ0v) is 15.0. The monoisotopic (exact) mass is 385 g/mol. The van der Waals surface area contributed by atoms with Gasteiger partial charge in [0.1, 0.15) is 17.3 Å². The second-order valence-corrected chi connectivity index (χ2v) is 6.86. The summed E-state index contributed by atoms with van der Waals surface area (Å²) in [6, 6.07) is 10.3. The second-order valence-electron chi connectivity index (χ2n) is 5.91. The quantitative estimate of drug-likeness (QED) is 0.527. The van der Waals surface area contributed by atoms with Crippen LogP contribution in [0.2, 0.25) is 0 Å². The van der Waals surface area contributed by atoms with Gasteiger partial charge in [-0.2, -0.15) is 5.10 Å². The molecule has 0 saturated carbocycles. The predicted octanol–water partition coefficient (Wildman–Crippen LogP) is 4.26. The summed E-state index contributed by atoms with van der Waals surface area (Å²) >= 11 is 1.43. The summed E-state index contributed by atoms with van der Waals surface area (Å²) in [6.45, 7) is 1.46. The molecule has 0 unspecified atom stereocenters. The van der Waals surface area contributed by atoms with Gasteiger partial charge in [0.15, 0.2) is 5.76 Å². The molecular weight excluding hydrogens is 372 g/mol. The maximum atomic E-state index is 14.0. The Morgan fingerprint density at radius 3 is 2.56 bits per heavy atom. The maximum Gasteiger partial charge on any atom is 0.267 e. The minimum atomic E-state index is -0.726. The summed E-state index contributed by atoms with van der Waals surface area (Å²) in [7, 11) is 0. The summed E-state index contributed by atoms with van der Waals surface area (Å²) in [5, 5.41) is 10.1. The number of aryl methyl sites for hydroxylation is 1. The number of benzene rings is 1. The van der Waals surface area contributed by atoms with Crippen LogP contribution in [0.5, 0.6) is 0 Å². The molecule has 0 bridgehead atoms. The van der Waals surface area contributed by atoms with E-state index in [4.69, 9.17) is 4.52 Å². The fourth-order valence-electron chi connectivity index (χ4n) is 2.71. The molecule has 0 aliphatic heterocycles. The van der Waals surface area contributed by atoms with Crippen LogP contribution in [0.1, 0.15) is 11.3 Å². The van der Waals surface area contributed by atoms with Crippen molar-refractivity contribution < 1.29 is 13.3 Å². The van der Waals surface area contributed by atoms with E-state index in [1.54, 1.807) is 13.0 Å². The van der Waals surface area contributed by atoms with Gasteiger partial charge in [-0.05, 0) is 30.5 Å². The van der Waals surface area contributed by atoms with Gasteiger partial charge in [-0.25, -0.2) is 13.5 Å². The molecule has 8 heteroatoms. The minimum absolute atomic E-state index is 0.215. The number of thiophene rings is 1. The molecule has 1 aromatic carbocycles. The normalized spacial score (nSPS) is 11.1. The van der Waals surface area contributed by atoms with Gasteiger partial charge >= 0.3 is 0 Å². The summed E-state index contributed by atoms with van der Waals surface area (Å²) in [6.07, 6.45) is 0. The summed E-state index contributed by atoms with van der Waals surface area (Å²) in [4.78, 5) is 13.4. The van der Waals surface area contributed by atoms with E-state index >= 15 is 0 Å². The van der Waals surface area contributed by atoms with Gasteiger partial charge in [-0.1, -0.05) is 17.3 Å². The highest BCUT2D eigenvalue weighted by Gasteiger charge is 2.18. The highest BCUT2D eigenvalue weighted by molar-refractivity contribution is 7.13. The zero-order valence-electron chi connectivity index (χ0n) is 14.1. The Bertz CT molecular complexity index is 1150. The Labute approximate surface area is 156 Å². The summed E-state index contributed by atoms with van der Waals surface area (Å²) in [5.74, 6) is -1.04. The number of nitrogens with zero attached hydrogens (tertiary/aromatic N) is 3. The smallest absolute Gasteiger partial charge is 0.267 e. The van der Waals surface area contributed by atoms with Crippen LogP contribution < -0.4 is 5.56 Å². The Balaban J connectivity index is 1.87. The van der Waals surface area contributed by atoms with Gasteiger partial charge in [-0.15, -0.1) is 11.3 Å². The number of rotatable bonds is 4. The minimum Gasteiger partial charge on any atom is -0.356 e. The lowest BCUT2D eigenvalue weighted by molar-refractivity contribution is 0.426. The number of aromatic nitrogens is 3. The molecule has 0 amide bonds. The van der Waals surface area contributed by atoms with E-state index in [9.17, 15) is 13.6 Å². The fraction of sp³-hybridized carbons (Fsp3) is 0.105. The van der Waals surface area contributed by atoms with Gasteiger partial charge in [0.05, 0.1) is 22.7 Å². The predicted molar refractivity (Wildman–Crippen MR) is 97.5 cm³/mol. The first kappa shape index (κ1) is 17.3. The highest BCUT2D eigenvalue weighted by atomic mass is 32.1. The molecule has 5 nitrogen and oxygen atoms in total. The van der Waals surface area contributed by atoms with Crippen molar-refractivity contribution in [3.63, 3.8) is 0 Å². The van der Waals surface area contributed by atoms with Crippen molar-refractivity contribution >= 4 is 11.3 Å². The SMILES string of the molecule is Cc1cc(-c2cc(=O)n(Cc3c(F)cccc3F)nc2-c2cccs2)on1. The van der Waals surface area contributed by atoms with E-state index in [-0.39, 0.29) is 12.1 Å². The topological polar surface area (TPSA) is 60.9 Å². The van der Waals surface area contributed by atoms with E-state index < -0.39 is 17.2 Å². The van der Waals surface area contributed by atoms with E-state index in [1.807, 2.05) is 17.5 Å². The maximum absolute atomic E-state index is 14.0. The lowest BCUT2D eigenvalue weighted by atomic mass is 10.1. The molecule has 27 heavy (non-hydrogen) atoms. The van der Waals surface area contributed by atoms with Crippen molar-refractivity contribution in [1.29, 1.82) is 0 Å². The van der Waals surface area contributed by atoms with Gasteiger partial charge in [0, 0.05) is 17.7 Å². The third kappa shape index (κ3) is 3.31. The lowest BCUT2D eigenvalue weighted by Gasteiger charge is -2.11. The van der Waals surface area contributed by atoms with Crippen LogP contribution >= 0.6 is 11.3 Å². The van der Waals surface area contributed by atoms with Crippen molar-refractivity contribution in [1.82, 2.24) is 14.9 Å². The van der Waals surface area contributed by atoms with Crippen LogP contribution in [0.3, 0.4) is 0 Å². The number of halogens is 2. The number of hydrogen-bond acceptors (Lipinski definition) is 5. The molecule has 3 heterocycles. The third-order valence-corrected chi connectivity index (χ3v) is 4.89. The van der Waals surface area contributed by atoms with Crippen LogP contribution in [0.25, 0.3) is 21.9 Å². The first-order valence-corrected chi connectivity index (χ1v) is 8.93. The third-order valence-electron chi connectivity index (χ3n) is 4.02. The Hall–Kier alpha value is -3.13. The van der Waals surface area contributed by atoms with Crippen molar-refractivity contribution in [2.24, 2.45) is 0 Å². The molecule has 136 valence electrons. The van der Waals surface area contributed by atoms with Crippen molar-refractivity contribution in [3.05, 3.63) is 81.1 Å². The molecule has 0 atom stereocenters. The average molecular weight is 385 g/mol. The molecule has 0 fully saturated rings. The van der Waals surface area contributed by atoms with E-state index in [1.165, 1.54) is 23.5 Å². The first-order chi connectivity index (χ1) is 13.0. The van der Waals surface area contributed by atoms with E-state index in [0.29, 0.717) is 22.7 Å². The van der Waals surface area contributed by atoms with Crippen LogP contribution in [-0.4, -0.2) is 14.9 Å². The van der Waals surface area contributed by atoms with Gasteiger partial charge in [-0.3, -0.25) is 4.79 Å². The zero-order chi connectivity index (χ0) is 19.0. The molecule has 0 aliphatic rings. The van der Waals surface area contributed by atoms with Crippen LogP contribution in [0.15, 0.2) is 57.2 Å². The Kier molecular flexibility index (Phi) is 4.41. The summed E-state index contributed by atoms with van der Waals surface area (Å²) < 4.78 is 34.3. The number of hydrogen-bond donors (Lipinski definition) is 0. The van der Waals surface area contributed by atoms with Gasteiger partial charge in [0.25, 0.3) is 5.56 Å². The van der Waals surface area contributed by atoms with E-state index in [2.05, 4.69) is 10.3 Å². The molecule has 0 radical (unpaired) electrons. The van der Waals surface area contributed by atoms with E-state index in [0.717, 1.165) is 21.7 Å². The second kappa shape index (κ2) is 6.88. The molecule has 4 rings (SSSR count). The van der Waals surface area contributed by atoms with Crippen LogP contribution in [0.4, 0.5) is 8.78 Å². The average Bonchev–Trinajstić information content (AvgIpc) is 3.31. The largest absolute Gasteiger partial charge is 0.356 e. The molecule has 4 aromatic rings. The highest BCUT2D eigenvalue weighted by Crippen LogP contribution is 2.32. The van der Waals surface area contributed by atoms with Crippen LogP contribution in [0, 0.1) is 18.6 Å². The van der Waals surface area contributed by atoms with Crippen LogP contribution in [-0.2, 0) is 6.54 Å². The summed E-state index contributed by atoms with van der Waals surface area (Å²) in [5.41, 5.74) is 0.917.